The van der Waals surface area contributed by atoms with Crippen LogP contribution in [0.25, 0.3) is 0 Å². The second kappa shape index (κ2) is 3.94. The number of hydrogen-bond donors (Lipinski definition) is 0. The molecule has 86 valence electrons. The van der Waals surface area contributed by atoms with Crippen LogP contribution in [0.15, 0.2) is 6.07 Å². The summed E-state index contributed by atoms with van der Waals surface area (Å²) >= 11 is 18.0. The highest BCUT2D eigenvalue weighted by Gasteiger charge is 2.39. The fraction of sp³-hybridized carbons (Fsp3) is 0.545. The number of hydrogen-bond acceptors (Lipinski definition) is 2. The summed E-state index contributed by atoms with van der Waals surface area (Å²) in [6, 6.07) is 2.27. The lowest BCUT2D eigenvalue weighted by Gasteiger charge is -2.28. The van der Waals surface area contributed by atoms with Crippen LogP contribution in [0.5, 0.6) is 0 Å². The van der Waals surface area contributed by atoms with Crippen LogP contribution in [0.1, 0.15) is 19.3 Å². The SMILES string of the molecule is Clc1cc(Cl)c(N2CC3CCC2C3)nc1Cl. The molecule has 2 fully saturated rings. The number of aromatic nitrogens is 1. The van der Waals surface area contributed by atoms with Crippen LogP contribution in [-0.4, -0.2) is 17.6 Å². The second-order valence-electron chi connectivity index (χ2n) is 4.55. The Labute approximate surface area is 109 Å². The van der Waals surface area contributed by atoms with E-state index in [0.717, 1.165) is 18.3 Å². The number of anilines is 1. The minimum absolute atomic E-state index is 0.337. The molecule has 2 nitrogen and oxygen atoms in total. The zero-order valence-corrected chi connectivity index (χ0v) is 10.9. The molecule has 2 bridgehead atoms. The topological polar surface area (TPSA) is 16.1 Å². The smallest absolute Gasteiger partial charge is 0.150 e. The van der Waals surface area contributed by atoms with Gasteiger partial charge in [0.15, 0.2) is 0 Å². The Bertz CT molecular complexity index is 435. The van der Waals surface area contributed by atoms with Gasteiger partial charge in [0.2, 0.25) is 0 Å². The fourth-order valence-corrected chi connectivity index (χ4v) is 3.42. The molecule has 1 saturated carbocycles. The average Bonchev–Trinajstić information content (AvgIpc) is 2.84. The van der Waals surface area contributed by atoms with Gasteiger partial charge in [0.1, 0.15) is 11.0 Å². The van der Waals surface area contributed by atoms with Gasteiger partial charge >= 0.3 is 0 Å². The summed E-state index contributed by atoms with van der Waals surface area (Å²) in [5, 5.41) is 1.35. The molecule has 2 atom stereocenters. The van der Waals surface area contributed by atoms with Crippen molar-refractivity contribution in [3.8, 4) is 0 Å². The first kappa shape index (κ1) is 10.9. The summed E-state index contributed by atoms with van der Waals surface area (Å²) in [6.45, 7) is 1.05. The van der Waals surface area contributed by atoms with Gasteiger partial charge in [0.25, 0.3) is 0 Å². The van der Waals surface area contributed by atoms with Gasteiger partial charge in [-0.2, -0.15) is 0 Å². The highest BCUT2D eigenvalue weighted by atomic mass is 35.5. The number of piperidine rings is 1. The van der Waals surface area contributed by atoms with E-state index in [1.807, 2.05) is 0 Å². The molecule has 1 aromatic rings. The number of nitrogens with zero attached hydrogens (tertiary/aromatic N) is 2. The third-order valence-electron chi connectivity index (χ3n) is 3.55. The predicted octanol–water partition coefficient (Wildman–Crippen LogP) is 4.03. The van der Waals surface area contributed by atoms with E-state index >= 15 is 0 Å². The van der Waals surface area contributed by atoms with Gasteiger partial charge < -0.3 is 4.90 Å². The fourth-order valence-electron chi connectivity index (χ4n) is 2.82. The van der Waals surface area contributed by atoms with Gasteiger partial charge in [-0.3, -0.25) is 0 Å². The van der Waals surface area contributed by atoms with E-state index in [2.05, 4.69) is 9.88 Å². The standard InChI is InChI=1S/C11H11Cl3N2/c12-8-4-9(13)11(15-10(8)14)16-5-6-1-2-7(16)3-6/h4,6-7H,1-3,5H2. The average molecular weight is 278 g/mol. The largest absolute Gasteiger partial charge is 0.352 e. The maximum absolute atomic E-state index is 6.17. The molecule has 0 amide bonds. The van der Waals surface area contributed by atoms with E-state index in [-0.39, 0.29) is 0 Å². The molecule has 0 spiro atoms. The summed E-state index contributed by atoms with van der Waals surface area (Å²) in [6.07, 6.45) is 3.83. The van der Waals surface area contributed by atoms with Crippen molar-refractivity contribution in [2.24, 2.45) is 5.92 Å². The van der Waals surface area contributed by atoms with Crippen molar-refractivity contribution in [1.29, 1.82) is 0 Å². The lowest BCUT2D eigenvalue weighted by Crippen LogP contribution is -2.32. The zero-order valence-electron chi connectivity index (χ0n) is 8.59. The van der Waals surface area contributed by atoms with Crippen molar-refractivity contribution < 1.29 is 0 Å². The van der Waals surface area contributed by atoms with Crippen LogP contribution < -0.4 is 4.90 Å². The van der Waals surface area contributed by atoms with Gasteiger partial charge in [0.05, 0.1) is 10.0 Å². The lowest BCUT2D eigenvalue weighted by molar-refractivity contribution is 0.550. The first-order valence-electron chi connectivity index (χ1n) is 5.43. The molecule has 1 aliphatic carbocycles. The zero-order chi connectivity index (χ0) is 11.3. The van der Waals surface area contributed by atoms with E-state index in [9.17, 15) is 0 Å². The van der Waals surface area contributed by atoms with Gasteiger partial charge in [-0.1, -0.05) is 34.8 Å². The minimum atomic E-state index is 0.337. The highest BCUT2D eigenvalue weighted by molar-refractivity contribution is 6.42. The normalized spacial score (nSPS) is 27.8. The molecule has 0 aromatic carbocycles. The third kappa shape index (κ3) is 1.68. The van der Waals surface area contributed by atoms with E-state index < -0.39 is 0 Å². The second-order valence-corrected chi connectivity index (χ2v) is 5.72. The Morgan fingerprint density at radius 2 is 2.00 bits per heavy atom. The lowest BCUT2D eigenvalue weighted by atomic mass is 10.1. The maximum Gasteiger partial charge on any atom is 0.150 e. The van der Waals surface area contributed by atoms with E-state index in [1.165, 1.54) is 19.3 Å². The molecular weight excluding hydrogens is 266 g/mol. The van der Waals surface area contributed by atoms with Gasteiger partial charge in [0, 0.05) is 12.6 Å². The summed E-state index contributed by atoms with van der Waals surface area (Å²) in [5.41, 5.74) is 0. The summed E-state index contributed by atoms with van der Waals surface area (Å²) in [4.78, 5) is 6.58. The van der Waals surface area contributed by atoms with Gasteiger partial charge in [-0.05, 0) is 31.2 Å². The van der Waals surface area contributed by atoms with Crippen LogP contribution in [0.4, 0.5) is 5.82 Å². The molecule has 0 N–H and O–H groups in total. The van der Waals surface area contributed by atoms with Crippen LogP contribution in [0.3, 0.4) is 0 Å². The van der Waals surface area contributed by atoms with Crippen molar-refractivity contribution in [1.82, 2.24) is 4.98 Å². The molecule has 3 rings (SSSR count). The number of rotatable bonds is 1. The van der Waals surface area contributed by atoms with Crippen LogP contribution in [-0.2, 0) is 0 Å². The molecular formula is C11H11Cl3N2. The molecule has 1 saturated heterocycles. The first-order valence-corrected chi connectivity index (χ1v) is 6.56. The number of pyridine rings is 1. The summed E-state index contributed by atoms with van der Waals surface area (Å²) in [5.74, 6) is 1.60. The third-order valence-corrected chi connectivity index (χ3v) is 4.50. The Morgan fingerprint density at radius 3 is 2.62 bits per heavy atom. The molecule has 16 heavy (non-hydrogen) atoms. The first-order chi connectivity index (χ1) is 7.65. The van der Waals surface area contributed by atoms with Gasteiger partial charge in [-0.25, -0.2) is 4.98 Å². The van der Waals surface area contributed by atoms with Crippen molar-refractivity contribution in [3.63, 3.8) is 0 Å². The van der Waals surface area contributed by atoms with E-state index in [0.29, 0.717) is 21.2 Å². The van der Waals surface area contributed by atoms with Crippen molar-refractivity contribution in [2.45, 2.75) is 25.3 Å². The van der Waals surface area contributed by atoms with Crippen LogP contribution in [0.2, 0.25) is 15.2 Å². The molecule has 0 radical (unpaired) electrons. The van der Waals surface area contributed by atoms with E-state index in [1.54, 1.807) is 6.07 Å². The summed E-state index contributed by atoms with van der Waals surface area (Å²) in [7, 11) is 0. The summed E-state index contributed by atoms with van der Waals surface area (Å²) < 4.78 is 0. The Hall–Kier alpha value is -0.180. The van der Waals surface area contributed by atoms with Gasteiger partial charge in [-0.15, -0.1) is 0 Å². The number of halogens is 3. The Kier molecular flexibility index (Phi) is 2.69. The van der Waals surface area contributed by atoms with Crippen molar-refractivity contribution in [2.75, 3.05) is 11.4 Å². The quantitative estimate of drug-likeness (QED) is 0.721. The molecule has 2 unspecified atom stereocenters. The predicted molar refractivity (Wildman–Crippen MR) is 67.7 cm³/mol. The van der Waals surface area contributed by atoms with Crippen molar-refractivity contribution >= 4 is 40.6 Å². The van der Waals surface area contributed by atoms with Crippen LogP contribution in [0, 0.1) is 5.92 Å². The molecule has 1 aromatic heterocycles. The number of fused-ring (bicyclic) bond motifs is 2. The Balaban J connectivity index is 1.98. The molecule has 2 aliphatic rings. The maximum atomic E-state index is 6.17. The van der Waals surface area contributed by atoms with E-state index in [4.69, 9.17) is 34.8 Å². The molecule has 2 heterocycles. The molecule has 5 heteroatoms. The van der Waals surface area contributed by atoms with Crippen molar-refractivity contribution in [3.05, 3.63) is 21.3 Å². The van der Waals surface area contributed by atoms with Crippen LogP contribution >= 0.6 is 34.8 Å². The monoisotopic (exact) mass is 276 g/mol. The molecule has 1 aliphatic heterocycles. The highest BCUT2D eigenvalue weighted by Crippen LogP contribution is 2.42. The Morgan fingerprint density at radius 1 is 1.19 bits per heavy atom. The minimum Gasteiger partial charge on any atom is -0.352 e.